The Balaban J connectivity index is 3.86. The van der Waals surface area contributed by atoms with Gasteiger partial charge in [-0.25, -0.2) is 9.36 Å². The zero-order valence-electron chi connectivity index (χ0n) is 35.0. The highest BCUT2D eigenvalue weighted by atomic mass is 31.2. The van der Waals surface area contributed by atoms with Gasteiger partial charge >= 0.3 is 19.8 Å². The number of unbranched alkanes of at least 4 members (excludes halogenated alkanes) is 26. The molecule has 1 amide bonds. The standard InChI is InChI=1S/C43H82NO10P/c1-3-5-7-9-11-13-15-17-18-19-20-21-23-25-27-29-31-33-35-42(47)52-36-39(45)37-53-55(50,51)54-38-40(43(48)49)44-41(46)34-32-30-28-26-24-22-16-14-12-10-8-6-4-2/h14,16,39-40,45H,3-13,15,17-38H2,1-2H3,(H,44,46)(H,48,49)(H,50,51)/b16-14-. The van der Waals surface area contributed by atoms with Gasteiger partial charge < -0.3 is 25.2 Å². The molecule has 0 aromatic carbocycles. The molecule has 55 heavy (non-hydrogen) atoms. The summed E-state index contributed by atoms with van der Waals surface area (Å²) in [6, 6.07) is -1.55. The molecule has 0 radical (unpaired) electrons. The summed E-state index contributed by atoms with van der Waals surface area (Å²) in [7, 11) is -4.75. The molecule has 0 aliphatic carbocycles. The number of aliphatic hydroxyl groups is 1. The number of amides is 1. The topological polar surface area (TPSA) is 169 Å². The first kappa shape index (κ1) is 53.2. The van der Waals surface area contributed by atoms with E-state index >= 15 is 0 Å². The lowest BCUT2D eigenvalue weighted by Crippen LogP contribution is -2.43. The number of hydrogen-bond donors (Lipinski definition) is 4. The number of allylic oxidation sites excluding steroid dienone is 2. The first-order valence-electron chi connectivity index (χ1n) is 22.2. The first-order valence-corrected chi connectivity index (χ1v) is 23.7. The molecule has 0 spiro atoms. The number of hydrogen-bond acceptors (Lipinski definition) is 8. The molecule has 0 aromatic heterocycles. The lowest BCUT2D eigenvalue weighted by Gasteiger charge is -2.18. The molecule has 0 heterocycles. The molecule has 0 aromatic rings. The number of esters is 1. The Morgan fingerprint density at radius 2 is 0.945 bits per heavy atom. The van der Waals surface area contributed by atoms with Crippen LogP contribution in [0.5, 0.6) is 0 Å². The van der Waals surface area contributed by atoms with E-state index in [4.69, 9.17) is 13.8 Å². The highest BCUT2D eigenvalue weighted by Crippen LogP contribution is 2.43. The summed E-state index contributed by atoms with van der Waals surface area (Å²) < 4.78 is 26.8. The molecule has 3 atom stereocenters. The van der Waals surface area contributed by atoms with Crippen LogP contribution in [0.1, 0.15) is 213 Å². The number of aliphatic hydroxyl groups excluding tert-OH is 1. The van der Waals surface area contributed by atoms with Gasteiger partial charge in [-0.05, 0) is 38.5 Å². The van der Waals surface area contributed by atoms with Gasteiger partial charge in [0.1, 0.15) is 12.7 Å². The second-order valence-electron chi connectivity index (χ2n) is 15.2. The maximum absolute atomic E-state index is 12.3. The zero-order valence-corrected chi connectivity index (χ0v) is 35.9. The van der Waals surface area contributed by atoms with Crippen LogP contribution in [0.15, 0.2) is 12.2 Å². The molecule has 12 heteroatoms. The number of carboxylic acid groups (broad SMARTS) is 1. The van der Waals surface area contributed by atoms with Gasteiger partial charge in [0.25, 0.3) is 0 Å². The van der Waals surface area contributed by atoms with E-state index in [1.165, 1.54) is 116 Å². The molecule has 0 aliphatic heterocycles. The van der Waals surface area contributed by atoms with Gasteiger partial charge in [-0.2, -0.15) is 0 Å². The number of phosphoric ester groups is 1. The third kappa shape index (κ3) is 38.9. The maximum atomic E-state index is 12.3. The molecule has 0 saturated carbocycles. The minimum atomic E-state index is -4.75. The Morgan fingerprint density at radius 1 is 0.564 bits per heavy atom. The SMILES string of the molecule is CCCCCC/C=C\CCCCCCCC(=O)NC(COP(=O)(O)OCC(O)COC(=O)CCCCCCCCCCCCCCCCCCCC)C(=O)O. The fourth-order valence-electron chi connectivity index (χ4n) is 6.31. The summed E-state index contributed by atoms with van der Waals surface area (Å²) in [5.41, 5.74) is 0. The van der Waals surface area contributed by atoms with Crippen LogP contribution in [-0.2, 0) is 32.7 Å². The van der Waals surface area contributed by atoms with Crippen LogP contribution in [0.4, 0.5) is 0 Å². The van der Waals surface area contributed by atoms with Crippen LogP contribution >= 0.6 is 7.82 Å². The van der Waals surface area contributed by atoms with Gasteiger partial charge in [0.05, 0.1) is 13.2 Å². The van der Waals surface area contributed by atoms with Gasteiger partial charge in [-0.15, -0.1) is 0 Å². The van der Waals surface area contributed by atoms with Gasteiger partial charge in [0.15, 0.2) is 6.04 Å². The Hall–Kier alpha value is -1.78. The van der Waals surface area contributed by atoms with E-state index in [0.717, 1.165) is 57.8 Å². The van der Waals surface area contributed by atoms with E-state index in [-0.39, 0.29) is 12.8 Å². The van der Waals surface area contributed by atoms with E-state index in [1.54, 1.807) is 0 Å². The molecule has 324 valence electrons. The van der Waals surface area contributed by atoms with E-state index in [1.807, 2.05) is 0 Å². The van der Waals surface area contributed by atoms with Gasteiger partial charge in [0, 0.05) is 12.8 Å². The molecular formula is C43H82NO10P. The van der Waals surface area contributed by atoms with Gasteiger partial charge in [-0.3, -0.25) is 18.6 Å². The third-order valence-corrected chi connectivity index (χ3v) is 10.8. The van der Waals surface area contributed by atoms with Crippen molar-refractivity contribution in [1.29, 1.82) is 0 Å². The Bertz CT molecular complexity index is 995. The largest absolute Gasteiger partial charge is 0.480 e. The summed E-state index contributed by atoms with van der Waals surface area (Å²) in [4.78, 5) is 45.8. The van der Waals surface area contributed by atoms with E-state index in [2.05, 4.69) is 31.3 Å². The molecule has 0 bridgehead atoms. The summed E-state index contributed by atoms with van der Waals surface area (Å²) in [5.74, 6) is -2.37. The minimum absolute atomic E-state index is 0.138. The van der Waals surface area contributed by atoms with Crippen molar-refractivity contribution in [2.75, 3.05) is 19.8 Å². The first-order chi connectivity index (χ1) is 26.6. The predicted octanol–water partition coefficient (Wildman–Crippen LogP) is 11.3. The maximum Gasteiger partial charge on any atom is 0.472 e. The summed E-state index contributed by atoms with van der Waals surface area (Å²) in [5, 5.41) is 21.8. The number of carbonyl (C=O) groups excluding carboxylic acids is 2. The molecule has 0 aliphatic rings. The van der Waals surface area contributed by atoms with Crippen LogP contribution in [0, 0.1) is 0 Å². The summed E-state index contributed by atoms with van der Waals surface area (Å²) in [6.45, 7) is 2.59. The van der Waals surface area contributed by atoms with E-state index < -0.39 is 57.6 Å². The van der Waals surface area contributed by atoms with Crippen molar-refractivity contribution >= 4 is 25.7 Å². The number of phosphoric acid groups is 1. The number of rotatable bonds is 42. The van der Waals surface area contributed by atoms with Crippen molar-refractivity contribution in [1.82, 2.24) is 5.32 Å². The Kier molecular flexibility index (Phi) is 37.8. The molecule has 3 unspecified atom stereocenters. The normalized spacial score (nSPS) is 13.8. The van der Waals surface area contributed by atoms with Crippen molar-refractivity contribution in [3.63, 3.8) is 0 Å². The lowest BCUT2D eigenvalue weighted by atomic mass is 10.0. The number of carbonyl (C=O) groups is 3. The summed E-state index contributed by atoms with van der Waals surface area (Å²) in [6.07, 6.45) is 38.1. The predicted molar refractivity (Wildman–Crippen MR) is 222 cm³/mol. The highest BCUT2D eigenvalue weighted by molar-refractivity contribution is 7.47. The number of ether oxygens (including phenoxy) is 1. The van der Waals surface area contributed by atoms with Gasteiger partial charge in [-0.1, -0.05) is 174 Å². The molecule has 11 nitrogen and oxygen atoms in total. The Morgan fingerprint density at radius 3 is 1.40 bits per heavy atom. The van der Waals surface area contributed by atoms with E-state index in [9.17, 15) is 34.1 Å². The zero-order chi connectivity index (χ0) is 40.7. The van der Waals surface area contributed by atoms with Crippen LogP contribution < -0.4 is 5.32 Å². The number of aliphatic carboxylic acids is 1. The summed E-state index contributed by atoms with van der Waals surface area (Å²) >= 11 is 0. The van der Waals surface area contributed by atoms with Crippen LogP contribution in [0.25, 0.3) is 0 Å². The number of carboxylic acids is 1. The van der Waals surface area contributed by atoms with Crippen molar-refractivity contribution in [3.8, 4) is 0 Å². The van der Waals surface area contributed by atoms with Crippen molar-refractivity contribution in [2.24, 2.45) is 0 Å². The molecule has 4 N–H and O–H groups in total. The van der Waals surface area contributed by atoms with Gasteiger partial charge in [0.2, 0.25) is 5.91 Å². The number of nitrogens with one attached hydrogen (secondary N) is 1. The Labute approximate surface area is 335 Å². The second-order valence-corrected chi connectivity index (χ2v) is 16.7. The molecule has 0 saturated heterocycles. The smallest absolute Gasteiger partial charge is 0.472 e. The monoisotopic (exact) mass is 804 g/mol. The van der Waals surface area contributed by atoms with Crippen LogP contribution in [0.3, 0.4) is 0 Å². The van der Waals surface area contributed by atoms with Crippen LogP contribution in [-0.4, -0.2) is 64.9 Å². The fourth-order valence-corrected chi connectivity index (χ4v) is 7.08. The molecule has 0 rings (SSSR count). The minimum Gasteiger partial charge on any atom is -0.480 e. The van der Waals surface area contributed by atoms with Crippen molar-refractivity contribution < 1.29 is 47.8 Å². The lowest BCUT2D eigenvalue weighted by molar-refractivity contribution is -0.147. The van der Waals surface area contributed by atoms with E-state index in [0.29, 0.717) is 12.8 Å². The fraction of sp³-hybridized carbons (Fsp3) is 0.884. The van der Waals surface area contributed by atoms with Crippen molar-refractivity contribution in [2.45, 2.75) is 225 Å². The molecular weight excluding hydrogens is 721 g/mol. The average molecular weight is 804 g/mol. The second kappa shape index (κ2) is 39.1. The average Bonchev–Trinajstić information content (AvgIpc) is 3.16. The molecule has 0 fully saturated rings. The van der Waals surface area contributed by atoms with Crippen LogP contribution in [0.2, 0.25) is 0 Å². The van der Waals surface area contributed by atoms with Crippen molar-refractivity contribution in [3.05, 3.63) is 12.2 Å². The highest BCUT2D eigenvalue weighted by Gasteiger charge is 2.28. The third-order valence-electron chi connectivity index (χ3n) is 9.80. The quantitative estimate of drug-likeness (QED) is 0.0202.